The molecule has 19 heavy (non-hydrogen) atoms. The molecule has 0 amide bonds. The highest BCUT2D eigenvalue weighted by Crippen LogP contribution is 2.36. The molecule has 0 aromatic heterocycles. The van der Waals surface area contributed by atoms with E-state index in [0.29, 0.717) is 11.1 Å². The van der Waals surface area contributed by atoms with Crippen LogP contribution in [-0.2, 0) is 0 Å². The number of hydrogen-bond acceptors (Lipinski definition) is 3. The standard InChI is InChI=1S/C15H21ClN2O/c1-18-12-4-5-13(18)8-11(7-12)17-10-3-6-15(19-2)14(16)9-10/h3,6,9,11-13,17H,4-5,7-8H2,1-2H3. The molecule has 3 nitrogen and oxygen atoms in total. The molecule has 0 aliphatic carbocycles. The summed E-state index contributed by atoms with van der Waals surface area (Å²) < 4.78 is 5.18. The molecular weight excluding hydrogens is 260 g/mol. The lowest BCUT2D eigenvalue weighted by molar-refractivity contribution is 0.169. The van der Waals surface area contributed by atoms with Gasteiger partial charge in [-0.2, -0.15) is 0 Å². The van der Waals surface area contributed by atoms with E-state index in [1.807, 2.05) is 18.2 Å². The van der Waals surface area contributed by atoms with Gasteiger partial charge < -0.3 is 15.0 Å². The van der Waals surface area contributed by atoms with Crippen molar-refractivity contribution in [1.29, 1.82) is 0 Å². The maximum Gasteiger partial charge on any atom is 0.137 e. The zero-order chi connectivity index (χ0) is 13.4. The van der Waals surface area contributed by atoms with Gasteiger partial charge in [0.15, 0.2) is 0 Å². The molecule has 2 atom stereocenters. The minimum Gasteiger partial charge on any atom is -0.495 e. The largest absolute Gasteiger partial charge is 0.495 e. The maximum absolute atomic E-state index is 6.17. The normalized spacial score (nSPS) is 30.4. The smallest absolute Gasteiger partial charge is 0.137 e. The molecule has 2 aliphatic rings. The van der Waals surface area contributed by atoms with Crippen LogP contribution in [0.15, 0.2) is 18.2 Å². The van der Waals surface area contributed by atoms with Gasteiger partial charge in [-0.3, -0.25) is 0 Å². The minimum absolute atomic E-state index is 0.568. The molecule has 1 aromatic rings. The van der Waals surface area contributed by atoms with Crippen molar-refractivity contribution in [2.45, 2.75) is 43.8 Å². The van der Waals surface area contributed by atoms with Gasteiger partial charge in [-0.05, 0) is 50.9 Å². The van der Waals surface area contributed by atoms with Crippen LogP contribution in [0.1, 0.15) is 25.7 Å². The number of ether oxygens (including phenoxy) is 1. The van der Waals surface area contributed by atoms with Gasteiger partial charge in [0.25, 0.3) is 0 Å². The molecule has 0 radical (unpaired) electrons. The van der Waals surface area contributed by atoms with E-state index in [0.717, 1.165) is 23.5 Å². The van der Waals surface area contributed by atoms with Crippen molar-refractivity contribution < 1.29 is 4.74 Å². The van der Waals surface area contributed by atoms with E-state index in [1.54, 1.807) is 7.11 Å². The average molecular weight is 281 g/mol. The molecule has 2 bridgehead atoms. The molecule has 0 saturated carbocycles. The summed E-state index contributed by atoms with van der Waals surface area (Å²) in [6.45, 7) is 0. The first-order valence-electron chi connectivity index (χ1n) is 6.99. The van der Waals surface area contributed by atoms with E-state index >= 15 is 0 Å². The van der Waals surface area contributed by atoms with Crippen molar-refractivity contribution in [2.24, 2.45) is 0 Å². The fourth-order valence-electron chi connectivity index (χ4n) is 3.52. The Kier molecular flexibility index (Phi) is 3.59. The number of benzene rings is 1. The highest BCUT2D eigenvalue weighted by Gasteiger charge is 2.38. The Morgan fingerprint density at radius 3 is 2.53 bits per heavy atom. The minimum atomic E-state index is 0.568. The summed E-state index contributed by atoms with van der Waals surface area (Å²) in [7, 11) is 3.91. The second kappa shape index (κ2) is 5.22. The summed E-state index contributed by atoms with van der Waals surface area (Å²) in [5.41, 5.74) is 1.10. The van der Waals surface area contributed by atoms with Gasteiger partial charge in [0.05, 0.1) is 12.1 Å². The third kappa shape index (κ3) is 2.54. The van der Waals surface area contributed by atoms with Crippen LogP contribution in [0.3, 0.4) is 0 Å². The number of methoxy groups -OCH3 is 1. The lowest BCUT2D eigenvalue weighted by Gasteiger charge is -2.37. The lowest BCUT2D eigenvalue weighted by atomic mass is 9.98. The van der Waals surface area contributed by atoms with Crippen LogP contribution in [0.25, 0.3) is 0 Å². The number of nitrogens with zero attached hydrogens (tertiary/aromatic N) is 1. The van der Waals surface area contributed by atoms with Crippen molar-refractivity contribution >= 4 is 17.3 Å². The lowest BCUT2D eigenvalue weighted by Crippen LogP contribution is -2.44. The predicted octanol–water partition coefficient (Wildman–Crippen LogP) is 3.39. The van der Waals surface area contributed by atoms with Gasteiger partial charge in [0, 0.05) is 23.8 Å². The summed E-state index contributed by atoms with van der Waals surface area (Å²) >= 11 is 6.17. The van der Waals surface area contributed by atoms with Crippen molar-refractivity contribution in [3.05, 3.63) is 23.2 Å². The van der Waals surface area contributed by atoms with Crippen LogP contribution >= 0.6 is 11.6 Å². The molecule has 0 spiro atoms. The Bertz CT molecular complexity index is 451. The maximum atomic E-state index is 6.17. The SMILES string of the molecule is COc1ccc(NC2CC3CCC(C2)N3C)cc1Cl. The molecular formula is C15H21ClN2O. The van der Waals surface area contributed by atoms with Gasteiger partial charge in [-0.1, -0.05) is 11.6 Å². The summed E-state index contributed by atoms with van der Waals surface area (Å²) in [5, 5.41) is 4.30. The number of fused-ring (bicyclic) bond motifs is 2. The first-order chi connectivity index (χ1) is 9.17. The molecule has 2 saturated heterocycles. The van der Waals surface area contributed by atoms with E-state index < -0.39 is 0 Å². The third-order valence-corrected chi connectivity index (χ3v) is 4.92. The number of rotatable bonds is 3. The average Bonchev–Trinajstić information content (AvgIpc) is 2.63. The quantitative estimate of drug-likeness (QED) is 0.919. The molecule has 1 N–H and O–H groups in total. The highest BCUT2D eigenvalue weighted by atomic mass is 35.5. The van der Waals surface area contributed by atoms with Crippen LogP contribution in [-0.4, -0.2) is 37.2 Å². The van der Waals surface area contributed by atoms with Crippen LogP contribution < -0.4 is 10.1 Å². The molecule has 3 rings (SSSR count). The summed E-state index contributed by atoms with van der Waals surface area (Å²) in [5.74, 6) is 0.732. The number of piperidine rings is 1. The zero-order valence-corrected chi connectivity index (χ0v) is 12.3. The van der Waals surface area contributed by atoms with E-state index in [2.05, 4.69) is 17.3 Å². The fraction of sp³-hybridized carbons (Fsp3) is 0.600. The Hall–Kier alpha value is -0.930. The molecule has 1 aromatic carbocycles. The number of anilines is 1. The summed E-state index contributed by atoms with van der Waals surface area (Å²) in [4.78, 5) is 2.55. The van der Waals surface area contributed by atoms with Gasteiger partial charge in [-0.25, -0.2) is 0 Å². The number of hydrogen-bond donors (Lipinski definition) is 1. The molecule has 2 heterocycles. The summed E-state index contributed by atoms with van der Waals surface area (Å²) in [6.07, 6.45) is 5.17. The topological polar surface area (TPSA) is 24.5 Å². The molecule has 4 heteroatoms. The predicted molar refractivity (Wildman–Crippen MR) is 79.2 cm³/mol. The fourth-order valence-corrected chi connectivity index (χ4v) is 3.78. The van der Waals surface area contributed by atoms with Crippen LogP contribution in [0, 0.1) is 0 Å². The number of nitrogens with one attached hydrogen (secondary N) is 1. The molecule has 104 valence electrons. The third-order valence-electron chi connectivity index (χ3n) is 4.62. The second-order valence-electron chi connectivity index (χ2n) is 5.71. The molecule has 2 fully saturated rings. The van der Waals surface area contributed by atoms with E-state index in [-0.39, 0.29) is 0 Å². The second-order valence-corrected chi connectivity index (χ2v) is 6.12. The first kappa shape index (κ1) is 13.1. The van der Waals surface area contributed by atoms with E-state index in [9.17, 15) is 0 Å². The Balaban J connectivity index is 1.67. The van der Waals surface area contributed by atoms with E-state index in [4.69, 9.17) is 16.3 Å². The van der Waals surface area contributed by atoms with Gasteiger partial charge >= 0.3 is 0 Å². The van der Waals surface area contributed by atoms with Crippen LogP contribution in [0.4, 0.5) is 5.69 Å². The number of halogens is 1. The Morgan fingerprint density at radius 2 is 1.95 bits per heavy atom. The highest BCUT2D eigenvalue weighted by molar-refractivity contribution is 6.32. The Labute approximate surface area is 119 Å². The van der Waals surface area contributed by atoms with Crippen molar-refractivity contribution in [2.75, 3.05) is 19.5 Å². The van der Waals surface area contributed by atoms with Crippen LogP contribution in [0.5, 0.6) is 5.75 Å². The van der Waals surface area contributed by atoms with Crippen LogP contribution in [0.2, 0.25) is 5.02 Å². The Morgan fingerprint density at radius 1 is 1.26 bits per heavy atom. The monoisotopic (exact) mass is 280 g/mol. The van der Waals surface area contributed by atoms with Crippen molar-refractivity contribution in [1.82, 2.24) is 4.90 Å². The van der Waals surface area contributed by atoms with Gasteiger partial charge in [0.1, 0.15) is 5.75 Å². The van der Waals surface area contributed by atoms with E-state index in [1.165, 1.54) is 25.7 Å². The summed E-state index contributed by atoms with van der Waals surface area (Å²) in [6, 6.07) is 8.01. The van der Waals surface area contributed by atoms with Gasteiger partial charge in [0.2, 0.25) is 0 Å². The molecule has 2 unspecified atom stereocenters. The zero-order valence-electron chi connectivity index (χ0n) is 11.5. The first-order valence-corrected chi connectivity index (χ1v) is 7.37. The van der Waals surface area contributed by atoms with Gasteiger partial charge in [-0.15, -0.1) is 0 Å². The van der Waals surface area contributed by atoms with Crippen molar-refractivity contribution in [3.63, 3.8) is 0 Å². The molecule has 2 aliphatic heterocycles. The van der Waals surface area contributed by atoms with Crippen molar-refractivity contribution in [3.8, 4) is 5.75 Å².